The van der Waals surface area contributed by atoms with E-state index in [1.807, 2.05) is 0 Å². The minimum absolute atomic E-state index is 0.320. The van der Waals surface area contributed by atoms with E-state index in [0.717, 1.165) is 11.5 Å². The van der Waals surface area contributed by atoms with Crippen LogP contribution in [0.5, 0.6) is 11.5 Å². The van der Waals surface area contributed by atoms with Crippen LogP contribution in [0.15, 0.2) is 46.9 Å². The molecule has 25 heavy (non-hydrogen) atoms. The van der Waals surface area contributed by atoms with Crippen LogP contribution in [0.25, 0.3) is 17.2 Å². The number of fused-ring (bicyclic) bond motifs is 1. The van der Waals surface area contributed by atoms with E-state index in [1.165, 1.54) is 60.1 Å². The second kappa shape index (κ2) is 7.57. The summed E-state index contributed by atoms with van der Waals surface area (Å²) < 4.78 is 11.2. The third kappa shape index (κ3) is 3.72. The molecule has 2 aliphatic rings. The Labute approximate surface area is 154 Å². The van der Waals surface area contributed by atoms with Gasteiger partial charge in [0.1, 0.15) is 0 Å². The largest absolute Gasteiger partial charge is 0.454 e. The van der Waals surface area contributed by atoms with Crippen LogP contribution in [0.3, 0.4) is 0 Å². The van der Waals surface area contributed by atoms with Crippen LogP contribution in [0, 0.1) is 0 Å². The number of rotatable bonds is 3. The average molecular weight is 352 g/mol. The molecule has 1 fully saturated rings. The molecule has 0 amide bonds. The molecule has 1 saturated carbocycles. The summed E-state index contributed by atoms with van der Waals surface area (Å²) in [6.45, 7) is 0.320. The molecule has 0 bridgehead atoms. The molecule has 0 aromatic heterocycles. The maximum absolute atomic E-state index is 5.63. The van der Waals surface area contributed by atoms with Gasteiger partial charge in [-0.1, -0.05) is 36.6 Å². The maximum Gasteiger partial charge on any atom is 0.231 e. The van der Waals surface area contributed by atoms with Gasteiger partial charge in [0.25, 0.3) is 0 Å². The van der Waals surface area contributed by atoms with Gasteiger partial charge in [0, 0.05) is 4.90 Å². The third-order valence-corrected chi connectivity index (χ3v) is 5.79. The molecule has 0 radical (unpaired) electrons. The molecule has 0 unspecified atom stereocenters. The summed E-state index contributed by atoms with van der Waals surface area (Å²) in [5.41, 5.74) is 5.28. The van der Waals surface area contributed by atoms with Crippen LogP contribution in [0.2, 0.25) is 0 Å². The fourth-order valence-electron chi connectivity index (χ4n) is 3.64. The number of allylic oxidation sites excluding steroid dienone is 1. The molecule has 0 saturated heterocycles. The Morgan fingerprint density at radius 1 is 0.880 bits per heavy atom. The normalized spacial score (nSPS) is 16.6. The van der Waals surface area contributed by atoms with Crippen LogP contribution < -0.4 is 9.47 Å². The number of benzene rings is 2. The number of hydrogen-bond donors (Lipinski definition) is 0. The standard InChI is InChI=1S/C22H24O2S/c1-25-19-10-8-17(9-11-19)20-14-22-21(23-15-24-22)13-18(20)12-16-6-4-2-3-5-7-16/h8-14H,2-7,15H2,1H3. The minimum atomic E-state index is 0.320. The molecule has 0 spiro atoms. The topological polar surface area (TPSA) is 18.5 Å². The van der Waals surface area contributed by atoms with Crippen molar-refractivity contribution in [3.05, 3.63) is 47.5 Å². The lowest BCUT2D eigenvalue weighted by Crippen LogP contribution is -1.92. The average Bonchev–Trinajstić information content (AvgIpc) is 2.95. The molecule has 2 nitrogen and oxygen atoms in total. The lowest BCUT2D eigenvalue weighted by molar-refractivity contribution is 0.174. The zero-order valence-electron chi connectivity index (χ0n) is 14.7. The SMILES string of the molecule is CSc1ccc(-c2cc3c(cc2C=C2CCCCCC2)OCO3)cc1. The van der Waals surface area contributed by atoms with Crippen molar-refractivity contribution in [1.82, 2.24) is 0 Å². The Bertz CT molecular complexity index is 767. The van der Waals surface area contributed by atoms with Crippen LogP contribution in [0.1, 0.15) is 44.1 Å². The summed E-state index contributed by atoms with van der Waals surface area (Å²) in [6, 6.07) is 13.1. The lowest BCUT2D eigenvalue weighted by Gasteiger charge is -2.11. The van der Waals surface area contributed by atoms with Gasteiger partial charge in [-0.2, -0.15) is 0 Å². The molecule has 2 aromatic rings. The Kier molecular flexibility index (Phi) is 5.02. The molecule has 0 atom stereocenters. The van der Waals surface area contributed by atoms with Crippen molar-refractivity contribution in [1.29, 1.82) is 0 Å². The summed E-state index contributed by atoms with van der Waals surface area (Å²) >= 11 is 1.77. The molecular weight excluding hydrogens is 328 g/mol. The van der Waals surface area contributed by atoms with Crippen LogP contribution in [0.4, 0.5) is 0 Å². The summed E-state index contributed by atoms with van der Waals surface area (Å²) in [4.78, 5) is 1.29. The van der Waals surface area contributed by atoms with Crippen molar-refractivity contribution in [2.75, 3.05) is 13.0 Å². The highest BCUT2D eigenvalue weighted by Crippen LogP contribution is 2.40. The van der Waals surface area contributed by atoms with Gasteiger partial charge in [0.15, 0.2) is 11.5 Å². The highest BCUT2D eigenvalue weighted by atomic mass is 32.2. The van der Waals surface area contributed by atoms with E-state index in [0.29, 0.717) is 6.79 Å². The first-order valence-corrected chi connectivity index (χ1v) is 10.3. The van der Waals surface area contributed by atoms with Gasteiger partial charge < -0.3 is 9.47 Å². The molecule has 1 aliphatic heterocycles. The van der Waals surface area contributed by atoms with Crippen LogP contribution >= 0.6 is 11.8 Å². The molecule has 4 rings (SSSR count). The second-order valence-electron chi connectivity index (χ2n) is 6.74. The van der Waals surface area contributed by atoms with Gasteiger partial charge in [-0.05, 0) is 72.9 Å². The fraction of sp³-hybridized carbons (Fsp3) is 0.364. The predicted molar refractivity (Wildman–Crippen MR) is 105 cm³/mol. The maximum atomic E-state index is 5.63. The van der Waals surface area contributed by atoms with Crippen molar-refractivity contribution >= 4 is 17.8 Å². The molecule has 0 N–H and O–H groups in total. The van der Waals surface area contributed by atoms with Crippen molar-refractivity contribution < 1.29 is 9.47 Å². The molecular formula is C22H24O2S. The van der Waals surface area contributed by atoms with Crippen molar-refractivity contribution in [3.63, 3.8) is 0 Å². The van der Waals surface area contributed by atoms with Gasteiger partial charge in [-0.15, -0.1) is 11.8 Å². The Morgan fingerprint density at radius 2 is 1.56 bits per heavy atom. The molecule has 1 aliphatic carbocycles. The van der Waals surface area contributed by atoms with E-state index in [2.05, 4.69) is 48.7 Å². The van der Waals surface area contributed by atoms with Gasteiger partial charge in [-0.3, -0.25) is 0 Å². The molecule has 130 valence electrons. The Balaban J connectivity index is 1.77. The summed E-state index contributed by atoms with van der Waals surface area (Å²) in [6.07, 6.45) is 12.3. The number of thioether (sulfide) groups is 1. The lowest BCUT2D eigenvalue weighted by atomic mass is 9.95. The van der Waals surface area contributed by atoms with E-state index < -0.39 is 0 Å². The summed E-state index contributed by atoms with van der Waals surface area (Å²) in [7, 11) is 0. The van der Waals surface area contributed by atoms with Gasteiger partial charge in [0.2, 0.25) is 6.79 Å². The van der Waals surface area contributed by atoms with Gasteiger partial charge in [-0.25, -0.2) is 0 Å². The van der Waals surface area contributed by atoms with Crippen molar-refractivity contribution in [3.8, 4) is 22.6 Å². The Hall–Kier alpha value is -1.87. The molecule has 3 heteroatoms. The smallest absolute Gasteiger partial charge is 0.231 e. The first kappa shape index (κ1) is 16.6. The van der Waals surface area contributed by atoms with Crippen LogP contribution in [-0.2, 0) is 0 Å². The minimum Gasteiger partial charge on any atom is -0.454 e. The highest BCUT2D eigenvalue weighted by molar-refractivity contribution is 7.98. The first-order valence-electron chi connectivity index (χ1n) is 9.11. The van der Waals surface area contributed by atoms with Crippen molar-refractivity contribution in [2.24, 2.45) is 0 Å². The van der Waals surface area contributed by atoms with E-state index in [9.17, 15) is 0 Å². The van der Waals surface area contributed by atoms with E-state index >= 15 is 0 Å². The first-order chi connectivity index (χ1) is 12.3. The molecule has 1 heterocycles. The Morgan fingerprint density at radius 3 is 2.24 bits per heavy atom. The van der Waals surface area contributed by atoms with Gasteiger partial charge in [0.05, 0.1) is 0 Å². The van der Waals surface area contributed by atoms with Gasteiger partial charge >= 0.3 is 0 Å². The summed E-state index contributed by atoms with van der Waals surface area (Å²) in [5, 5.41) is 0. The zero-order chi connectivity index (χ0) is 17.1. The number of hydrogen-bond acceptors (Lipinski definition) is 3. The quantitative estimate of drug-likeness (QED) is 0.461. The fourth-order valence-corrected chi connectivity index (χ4v) is 4.05. The predicted octanol–water partition coefficient (Wildman–Crippen LogP) is 6.54. The van der Waals surface area contributed by atoms with E-state index in [1.54, 1.807) is 17.3 Å². The second-order valence-corrected chi connectivity index (χ2v) is 7.62. The van der Waals surface area contributed by atoms with E-state index in [4.69, 9.17) is 9.47 Å². The van der Waals surface area contributed by atoms with Crippen molar-refractivity contribution in [2.45, 2.75) is 43.4 Å². The third-order valence-electron chi connectivity index (χ3n) is 5.05. The highest BCUT2D eigenvalue weighted by Gasteiger charge is 2.18. The molecule has 2 aromatic carbocycles. The van der Waals surface area contributed by atoms with Crippen LogP contribution in [-0.4, -0.2) is 13.0 Å². The summed E-state index contributed by atoms with van der Waals surface area (Å²) in [5.74, 6) is 1.72. The monoisotopic (exact) mass is 352 g/mol. The zero-order valence-corrected chi connectivity index (χ0v) is 15.5. The van der Waals surface area contributed by atoms with E-state index in [-0.39, 0.29) is 0 Å². The number of ether oxygens (including phenoxy) is 2.